The molecule has 1 N–H and O–H groups in total. The minimum Gasteiger partial charge on any atom is -0.309 e. The monoisotopic (exact) mass is 253 g/mol. The van der Waals surface area contributed by atoms with Crippen molar-refractivity contribution >= 4 is 11.3 Å². The zero-order valence-electron chi connectivity index (χ0n) is 11.7. The summed E-state index contributed by atoms with van der Waals surface area (Å²) in [4.78, 5) is 1.48. The van der Waals surface area contributed by atoms with Gasteiger partial charge in [-0.3, -0.25) is 0 Å². The van der Waals surface area contributed by atoms with Crippen LogP contribution in [0.5, 0.6) is 0 Å². The van der Waals surface area contributed by atoms with Crippen LogP contribution in [0.25, 0.3) is 0 Å². The molecule has 0 saturated carbocycles. The van der Waals surface area contributed by atoms with Crippen LogP contribution in [0.3, 0.4) is 0 Å². The zero-order valence-corrected chi connectivity index (χ0v) is 12.5. The molecule has 0 amide bonds. The number of rotatable bonds is 8. The molecule has 98 valence electrons. The predicted octanol–water partition coefficient (Wildman–Crippen LogP) is 4.86. The van der Waals surface area contributed by atoms with Gasteiger partial charge < -0.3 is 5.32 Å². The van der Waals surface area contributed by atoms with E-state index >= 15 is 0 Å². The Morgan fingerprint density at radius 1 is 1.18 bits per heavy atom. The minimum absolute atomic E-state index is 0.536. The average Bonchev–Trinajstić information content (AvgIpc) is 2.75. The standard InChI is InChI=1S/C15H27NS/c1-12(2)8-5-6-10-16-15(13(3)4)14-9-7-11-17-14/h7,9,11-13,15-16H,5-6,8,10H2,1-4H3. The third kappa shape index (κ3) is 5.69. The maximum absolute atomic E-state index is 3.71. The van der Waals surface area contributed by atoms with Gasteiger partial charge in [0.05, 0.1) is 0 Å². The van der Waals surface area contributed by atoms with E-state index in [0.29, 0.717) is 12.0 Å². The molecule has 1 rings (SSSR count). The van der Waals surface area contributed by atoms with Gasteiger partial charge in [-0.05, 0) is 36.2 Å². The van der Waals surface area contributed by atoms with Crippen LogP contribution < -0.4 is 5.32 Å². The van der Waals surface area contributed by atoms with Crippen molar-refractivity contribution in [2.75, 3.05) is 6.54 Å². The normalized spacial score (nSPS) is 13.5. The van der Waals surface area contributed by atoms with Gasteiger partial charge in [0, 0.05) is 10.9 Å². The maximum atomic E-state index is 3.71. The first-order valence-electron chi connectivity index (χ1n) is 6.88. The summed E-state index contributed by atoms with van der Waals surface area (Å²) in [6.45, 7) is 10.3. The molecule has 1 aromatic heterocycles. The van der Waals surface area contributed by atoms with Crippen molar-refractivity contribution in [3.8, 4) is 0 Å². The molecule has 1 nitrogen and oxygen atoms in total. The van der Waals surface area contributed by atoms with Crippen molar-refractivity contribution < 1.29 is 0 Å². The Morgan fingerprint density at radius 3 is 2.47 bits per heavy atom. The Labute approximate surface area is 111 Å². The summed E-state index contributed by atoms with van der Waals surface area (Å²) in [5, 5.41) is 5.88. The van der Waals surface area contributed by atoms with Gasteiger partial charge in [0.15, 0.2) is 0 Å². The molecule has 0 aliphatic heterocycles. The van der Waals surface area contributed by atoms with Crippen LogP contribution in [-0.4, -0.2) is 6.54 Å². The Hall–Kier alpha value is -0.340. The Bertz CT molecular complexity index is 277. The SMILES string of the molecule is CC(C)CCCCNC(c1cccs1)C(C)C. The molecule has 0 radical (unpaired) electrons. The van der Waals surface area contributed by atoms with Gasteiger partial charge in [-0.1, -0.05) is 46.6 Å². The van der Waals surface area contributed by atoms with Crippen molar-refractivity contribution in [2.45, 2.75) is 53.0 Å². The second kappa shape index (κ2) is 7.88. The lowest BCUT2D eigenvalue weighted by Gasteiger charge is -2.21. The molecule has 17 heavy (non-hydrogen) atoms. The second-order valence-electron chi connectivity index (χ2n) is 5.58. The second-order valence-corrected chi connectivity index (χ2v) is 6.56. The van der Waals surface area contributed by atoms with Gasteiger partial charge >= 0.3 is 0 Å². The lowest BCUT2D eigenvalue weighted by atomic mass is 10.0. The number of nitrogens with one attached hydrogen (secondary N) is 1. The van der Waals surface area contributed by atoms with E-state index < -0.39 is 0 Å². The molecule has 0 aliphatic rings. The van der Waals surface area contributed by atoms with Gasteiger partial charge in [-0.25, -0.2) is 0 Å². The molecule has 2 heteroatoms. The van der Waals surface area contributed by atoms with E-state index in [-0.39, 0.29) is 0 Å². The largest absolute Gasteiger partial charge is 0.309 e. The molecule has 0 aromatic carbocycles. The highest BCUT2D eigenvalue weighted by Crippen LogP contribution is 2.25. The summed E-state index contributed by atoms with van der Waals surface area (Å²) in [5.74, 6) is 1.51. The van der Waals surface area contributed by atoms with E-state index in [1.54, 1.807) is 0 Å². The Morgan fingerprint density at radius 2 is 1.94 bits per heavy atom. The fourth-order valence-corrected chi connectivity index (χ4v) is 3.04. The van der Waals surface area contributed by atoms with E-state index in [9.17, 15) is 0 Å². The fraction of sp³-hybridized carbons (Fsp3) is 0.733. The molecule has 0 spiro atoms. The van der Waals surface area contributed by atoms with Crippen molar-refractivity contribution in [2.24, 2.45) is 11.8 Å². The van der Waals surface area contributed by atoms with Crippen LogP contribution >= 0.6 is 11.3 Å². The number of hydrogen-bond acceptors (Lipinski definition) is 2. The lowest BCUT2D eigenvalue weighted by molar-refractivity contribution is 0.406. The quantitative estimate of drug-likeness (QED) is 0.652. The molecular weight excluding hydrogens is 226 g/mol. The van der Waals surface area contributed by atoms with Crippen LogP contribution in [0, 0.1) is 11.8 Å². The summed E-state index contributed by atoms with van der Waals surface area (Å²) in [5.41, 5.74) is 0. The van der Waals surface area contributed by atoms with Crippen LogP contribution in [0.4, 0.5) is 0 Å². The van der Waals surface area contributed by atoms with Gasteiger partial charge in [0.2, 0.25) is 0 Å². The van der Waals surface area contributed by atoms with Gasteiger partial charge in [-0.15, -0.1) is 11.3 Å². The van der Waals surface area contributed by atoms with E-state index in [0.717, 1.165) is 12.5 Å². The molecule has 0 fully saturated rings. The molecule has 1 aromatic rings. The summed E-state index contributed by atoms with van der Waals surface area (Å²) < 4.78 is 0. The third-order valence-corrected chi connectivity index (χ3v) is 4.04. The molecular formula is C15H27NS. The smallest absolute Gasteiger partial charge is 0.0438 e. The minimum atomic E-state index is 0.536. The van der Waals surface area contributed by atoms with Crippen LogP contribution in [0.2, 0.25) is 0 Å². The summed E-state index contributed by atoms with van der Waals surface area (Å²) in [6.07, 6.45) is 4.00. The average molecular weight is 253 g/mol. The lowest BCUT2D eigenvalue weighted by Crippen LogP contribution is -2.26. The summed E-state index contributed by atoms with van der Waals surface area (Å²) >= 11 is 1.87. The van der Waals surface area contributed by atoms with Crippen molar-refractivity contribution in [3.63, 3.8) is 0 Å². The van der Waals surface area contributed by atoms with E-state index in [2.05, 4.69) is 50.5 Å². The first kappa shape index (κ1) is 14.7. The highest BCUT2D eigenvalue weighted by Gasteiger charge is 2.15. The van der Waals surface area contributed by atoms with Gasteiger partial charge in [-0.2, -0.15) is 0 Å². The van der Waals surface area contributed by atoms with Crippen LogP contribution in [-0.2, 0) is 0 Å². The number of hydrogen-bond donors (Lipinski definition) is 1. The first-order chi connectivity index (χ1) is 8.11. The fourth-order valence-electron chi connectivity index (χ4n) is 2.07. The topological polar surface area (TPSA) is 12.0 Å². The molecule has 1 unspecified atom stereocenters. The summed E-state index contributed by atoms with van der Waals surface area (Å²) in [7, 11) is 0. The van der Waals surface area contributed by atoms with E-state index in [4.69, 9.17) is 0 Å². The molecule has 1 heterocycles. The van der Waals surface area contributed by atoms with Crippen LogP contribution in [0.15, 0.2) is 17.5 Å². The molecule has 0 saturated heterocycles. The highest BCUT2D eigenvalue weighted by atomic mass is 32.1. The Balaban J connectivity index is 2.27. The molecule has 0 aliphatic carbocycles. The molecule has 0 bridgehead atoms. The number of thiophene rings is 1. The molecule has 1 atom stereocenters. The highest BCUT2D eigenvalue weighted by molar-refractivity contribution is 7.10. The number of unbranched alkanes of at least 4 members (excludes halogenated alkanes) is 1. The van der Waals surface area contributed by atoms with Gasteiger partial charge in [0.25, 0.3) is 0 Å². The first-order valence-corrected chi connectivity index (χ1v) is 7.76. The van der Waals surface area contributed by atoms with E-state index in [1.165, 1.54) is 24.1 Å². The van der Waals surface area contributed by atoms with Gasteiger partial charge in [0.1, 0.15) is 0 Å². The Kier molecular flexibility index (Phi) is 6.83. The van der Waals surface area contributed by atoms with E-state index in [1.807, 2.05) is 11.3 Å². The van der Waals surface area contributed by atoms with Crippen molar-refractivity contribution in [1.29, 1.82) is 0 Å². The maximum Gasteiger partial charge on any atom is 0.0438 e. The van der Waals surface area contributed by atoms with Crippen molar-refractivity contribution in [3.05, 3.63) is 22.4 Å². The van der Waals surface area contributed by atoms with Crippen LogP contribution in [0.1, 0.15) is 57.9 Å². The third-order valence-electron chi connectivity index (χ3n) is 3.09. The summed E-state index contributed by atoms with van der Waals surface area (Å²) in [6, 6.07) is 4.93. The predicted molar refractivity (Wildman–Crippen MR) is 78.6 cm³/mol. The van der Waals surface area contributed by atoms with Crippen molar-refractivity contribution in [1.82, 2.24) is 5.32 Å². The zero-order chi connectivity index (χ0) is 12.7.